The van der Waals surface area contributed by atoms with E-state index in [1.165, 1.54) is 23.1 Å². The van der Waals surface area contributed by atoms with Crippen molar-refractivity contribution in [3.63, 3.8) is 0 Å². The molecule has 33 heteroatoms. The molecule has 2 aromatic carbocycles. The fourth-order valence-electron chi connectivity index (χ4n) is 12.8. The van der Waals surface area contributed by atoms with Gasteiger partial charge in [0.25, 0.3) is 5.56 Å². The van der Waals surface area contributed by atoms with Gasteiger partial charge in [-0.1, -0.05) is 69.1 Å². The minimum atomic E-state index is -2.10. The smallest absolute Gasteiger partial charge is 0.416 e. The summed E-state index contributed by atoms with van der Waals surface area (Å²) in [4.78, 5) is 174. The summed E-state index contributed by atoms with van der Waals surface area (Å²) in [7, 11) is 0. The topological polar surface area (TPSA) is 410 Å². The number of ether oxygens (including phenoxy) is 6. The molecule has 3 aliphatic rings. The number of nitrogens with zero attached hydrogens (tertiary/aromatic N) is 5. The number of unbranched alkanes of at least 4 members (excludes halogenated alkanes) is 1. The predicted molar refractivity (Wildman–Crippen MR) is 390 cm³/mol. The fourth-order valence-corrected chi connectivity index (χ4v) is 13.3. The molecule has 6 heterocycles. The number of aryl methyl sites for hydroxylation is 2. The lowest BCUT2D eigenvalue weighted by atomic mass is 9.85. The number of carboxylic acid groups (broad SMARTS) is 2. The lowest BCUT2D eigenvalue weighted by Gasteiger charge is -2.37. The summed E-state index contributed by atoms with van der Waals surface area (Å²) < 4.78 is 35.6. The average Bonchev–Trinajstić information content (AvgIpc) is 1.61. The number of halogens is 2. The van der Waals surface area contributed by atoms with Gasteiger partial charge in [-0.25, -0.2) is 29.1 Å². The Morgan fingerprint density at radius 1 is 0.785 bits per heavy atom. The second-order valence-electron chi connectivity index (χ2n) is 27.4. The van der Waals surface area contributed by atoms with Crippen LogP contribution in [0.4, 0.5) is 15.4 Å². The Morgan fingerprint density at radius 3 is 2.12 bits per heavy atom. The largest absolute Gasteiger partial charge is 0.481 e. The molecule has 31 nitrogen and oxygen atoms in total. The number of likely N-dealkylation sites (tertiary alicyclic amines) is 1. The zero-order valence-corrected chi connectivity index (χ0v) is 62.6. The summed E-state index contributed by atoms with van der Waals surface area (Å²) in [6.45, 7) is 13.7. The number of benzene rings is 2. The molecule has 6 atom stereocenters. The van der Waals surface area contributed by atoms with Crippen LogP contribution in [0.1, 0.15) is 146 Å². The number of esters is 2. The van der Waals surface area contributed by atoms with E-state index in [0.717, 1.165) is 32.5 Å². The first kappa shape index (κ1) is 82.8. The van der Waals surface area contributed by atoms with Crippen molar-refractivity contribution in [3.8, 4) is 11.4 Å². The van der Waals surface area contributed by atoms with Gasteiger partial charge >= 0.3 is 36.0 Å². The van der Waals surface area contributed by atoms with Crippen LogP contribution in [0, 0.1) is 12.8 Å². The van der Waals surface area contributed by atoms with Crippen LogP contribution in [-0.4, -0.2) is 191 Å². The van der Waals surface area contributed by atoms with E-state index in [2.05, 4.69) is 36.9 Å². The molecule has 578 valence electrons. The third-order valence-electron chi connectivity index (χ3n) is 18.1. The SMILES string of the molecule is CCc1c2c(nc3ccccc13)-c1cc3c(c(=O)n1C2)COC(=O)C3(CC)OC(=O)[C@@H](NC(=O)[C@@H]1CCCN1C(=O)[C@H](CC(=O)O)NC(=O)CCOCCOCCOCCNC(=O)NC[C@H](NC(=O)CCCCN(C(=O)OC(C)(C)C)c1cc(C)ccn1)C(=O)N[C@@H](CC(=O)O)c1cc(Cl)cc(Cl)c1)C(C)C. The van der Waals surface area contributed by atoms with E-state index in [1.54, 1.807) is 70.5 Å². The maximum absolute atomic E-state index is 14.5. The number of carbonyl (C=O) groups is 11. The Labute approximate surface area is 628 Å². The Balaban J connectivity index is 0.756. The number of hydrogen-bond donors (Lipinski definition) is 8. The molecule has 107 heavy (non-hydrogen) atoms. The molecule has 0 bridgehead atoms. The molecule has 1 unspecified atom stereocenters. The fraction of sp³-hybridized carbons (Fsp3) is 0.514. The first-order valence-electron chi connectivity index (χ1n) is 35.6. The Kier molecular flexibility index (Phi) is 29.5. The number of anilines is 1. The number of fused-ring (bicyclic) bond motifs is 5. The first-order chi connectivity index (χ1) is 50.9. The van der Waals surface area contributed by atoms with Crippen molar-refractivity contribution in [2.75, 3.05) is 70.7 Å². The van der Waals surface area contributed by atoms with Gasteiger partial charge in [-0.05, 0) is 131 Å². The number of cyclic esters (lactones) is 1. The summed E-state index contributed by atoms with van der Waals surface area (Å²) in [5.41, 5.74) is 1.74. The number of carboxylic acids is 2. The van der Waals surface area contributed by atoms with Gasteiger partial charge in [-0.2, -0.15) is 0 Å². The standard InChI is InChI=1S/C74H93Cl2N11O20/c1-9-47-48-16-11-12-17-52(48)82-64-49(47)40-87-57(64)36-51-50(67(87)96)41-105-70(99)74(51,10-2)106-69(98)63(42(3)4)84-66(95)56-18-15-25-85(56)68(97)54(38-62(92)93)80-60(89)21-26-102-28-30-104-31-29-103-27-23-78-71(100)79-39-55(65(94)83-53(37-61(90)91)44-33-45(75)35-46(76)34-44)81-59(88)19-13-14-24-86(72(101)107-73(6,7)8)58-32-43(5)20-22-77-58/h11-12,16-17,20,22,32-36,42,53-56,63H,9-10,13-15,18-19,21,23-31,37-41H2,1-8H3,(H,80,89)(H,81,88)(H,83,94)(H,84,95)(H,90,91)(H,92,93)(H2,78,79,100)/t53-,54-,55-,56-,63-,74?/m0/s1. The minimum absolute atomic E-state index is 0.00204. The van der Waals surface area contributed by atoms with Crippen molar-refractivity contribution >= 4 is 105 Å². The highest BCUT2D eigenvalue weighted by atomic mass is 35.5. The van der Waals surface area contributed by atoms with Crippen molar-refractivity contribution in [2.24, 2.45) is 5.92 Å². The van der Waals surface area contributed by atoms with Crippen molar-refractivity contribution in [2.45, 2.75) is 174 Å². The van der Waals surface area contributed by atoms with Crippen LogP contribution in [-0.2, 0) is 96.7 Å². The van der Waals surface area contributed by atoms with E-state index in [4.69, 9.17) is 56.6 Å². The lowest BCUT2D eigenvalue weighted by Crippen LogP contribution is -2.57. The molecular formula is C74H93Cl2N11O20. The second-order valence-corrected chi connectivity index (χ2v) is 28.3. The molecule has 5 aromatic rings. The second kappa shape index (κ2) is 38.1. The average molecular weight is 1530 g/mol. The Morgan fingerprint density at radius 2 is 1.46 bits per heavy atom. The number of para-hydroxylation sites is 1. The monoisotopic (exact) mass is 1530 g/mol. The number of nitrogens with one attached hydrogen (secondary N) is 6. The van der Waals surface area contributed by atoms with Gasteiger partial charge in [0.05, 0.1) is 87.5 Å². The summed E-state index contributed by atoms with van der Waals surface area (Å²) in [6, 6.07) is 9.67. The zero-order chi connectivity index (χ0) is 77.9. The van der Waals surface area contributed by atoms with Gasteiger partial charge in [0, 0.05) is 71.8 Å². The molecule has 8 amide bonds. The minimum Gasteiger partial charge on any atom is -0.481 e. The highest BCUT2D eigenvalue weighted by molar-refractivity contribution is 6.34. The molecule has 0 radical (unpaired) electrons. The van der Waals surface area contributed by atoms with Crippen LogP contribution in [0.2, 0.25) is 10.0 Å². The molecule has 8 rings (SSSR count). The molecule has 1 saturated heterocycles. The van der Waals surface area contributed by atoms with E-state index in [0.29, 0.717) is 36.5 Å². The number of aromatic nitrogens is 3. The molecule has 8 N–H and O–H groups in total. The van der Waals surface area contributed by atoms with Crippen molar-refractivity contribution < 1.29 is 91.4 Å². The summed E-state index contributed by atoms with van der Waals surface area (Å²) in [5, 5.41) is 36.4. The normalized spacial score (nSPS) is 16.2. The maximum atomic E-state index is 14.5. The number of carbonyl (C=O) groups excluding carboxylic acids is 9. The van der Waals surface area contributed by atoms with Gasteiger partial charge in [-0.3, -0.25) is 43.3 Å². The predicted octanol–water partition coefficient (Wildman–Crippen LogP) is 6.46. The van der Waals surface area contributed by atoms with Gasteiger partial charge < -0.3 is 80.0 Å². The summed E-state index contributed by atoms with van der Waals surface area (Å²) >= 11 is 12.4. The molecule has 0 spiro atoms. The third-order valence-corrected chi connectivity index (χ3v) is 18.5. The van der Waals surface area contributed by atoms with Crippen molar-refractivity contribution in [1.29, 1.82) is 0 Å². The van der Waals surface area contributed by atoms with Crippen LogP contribution < -0.4 is 42.4 Å². The van der Waals surface area contributed by atoms with Crippen molar-refractivity contribution in [3.05, 3.63) is 121 Å². The molecule has 3 aromatic heterocycles. The molecule has 0 aliphatic carbocycles. The Bertz CT molecular complexity index is 4170. The van der Waals surface area contributed by atoms with Crippen LogP contribution >= 0.6 is 23.2 Å². The molecule has 3 aliphatic heterocycles. The Hall–Kier alpha value is -9.82. The van der Waals surface area contributed by atoms with Gasteiger partial charge in [0.15, 0.2) is 0 Å². The summed E-state index contributed by atoms with van der Waals surface area (Å²) in [6.07, 6.45) is 0.685. The van der Waals surface area contributed by atoms with Gasteiger partial charge in [-0.15, -0.1) is 0 Å². The molecule has 0 saturated carbocycles. The van der Waals surface area contributed by atoms with Crippen molar-refractivity contribution in [1.82, 2.24) is 51.3 Å². The van der Waals surface area contributed by atoms with E-state index in [-0.39, 0.29) is 131 Å². The molecule has 1 fully saturated rings. The number of pyridine rings is 3. The van der Waals surface area contributed by atoms with Crippen LogP contribution in [0.3, 0.4) is 0 Å². The first-order valence-corrected chi connectivity index (χ1v) is 36.3. The molecular weight excluding hydrogens is 1430 g/mol. The number of hydrogen-bond acceptors (Lipinski definition) is 20. The quantitative estimate of drug-likeness (QED) is 0.0118. The number of rotatable bonds is 37. The highest BCUT2D eigenvalue weighted by Gasteiger charge is 2.52. The van der Waals surface area contributed by atoms with E-state index < -0.39 is 138 Å². The zero-order valence-electron chi connectivity index (χ0n) is 61.1. The van der Waals surface area contributed by atoms with Crippen LogP contribution in [0.25, 0.3) is 22.3 Å². The van der Waals surface area contributed by atoms with E-state index >= 15 is 0 Å². The summed E-state index contributed by atoms with van der Waals surface area (Å²) in [5.74, 6) is -8.62. The van der Waals surface area contributed by atoms with Crippen LogP contribution in [0.5, 0.6) is 0 Å². The number of urea groups is 1. The van der Waals surface area contributed by atoms with Gasteiger partial charge in [0.2, 0.25) is 35.1 Å². The third kappa shape index (κ3) is 22.2. The lowest BCUT2D eigenvalue weighted by molar-refractivity contribution is -0.191. The highest BCUT2D eigenvalue weighted by Crippen LogP contribution is 2.43. The van der Waals surface area contributed by atoms with Crippen LogP contribution in [0.15, 0.2) is 71.7 Å². The number of aliphatic carboxylic acids is 2. The van der Waals surface area contributed by atoms with Gasteiger partial charge in [0.1, 0.15) is 42.2 Å². The van der Waals surface area contributed by atoms with E-state index in [9.17, 15) is 67.7 Å². The van der Waals surface area contributed by atoms with E-state index in [1.807, 2.05) is 38.1 Å². The number of amides is 8. The maximum Gasteiger partial charge on any atom is 0.416 e.